The molecule has 1 saturated carbocycles. The Balaban J connectivity index is 1.70. The summed E-state index contributed by atoms with van der Waals surface area (Å²) in [5, 5.41) is 2.70. The second-order valence-electron chi connectivity index (χ2n) is 9.58. The summed E-state index contributed by atoms with van der Waals surface area (Å²) in [5.41, 5.74) is 2.19. The van der Waals surface area contributed by atoms with Crippen LogP contribution in [-0.2, 0) is 10.0 Å². The van der Waals surface area contributed by atoms with Gasteiger partial charge in [-0.1, -0.05) is 19.3 Å². The number of likely N-dealkylation sites (tertiary alicyclic amines) is 1. The van der Waals surface area contributed by atoms with Crippen molar-refractivity contribution in [2.75, 3.05) is 31.7 Å². The van der Waals surface area contributed by atoms with E-state index in [1.165, 1.54) is 12.1 Å². The van der Waals surface area contributed by atoms with Crippen LogP contribution < -0.4 is 14.8 Å². The number of sulfonamides is 1. The summed E-state index contributed by atoms with van der Waals surface area (Å²) < 4.78 is 46.2. The van der Waals surface area contributed by atoms with Crippen molar-refractivity contribution < 1.29 is 22.3 Å². The molecule has 0 bridgehead atoms. The maximum atomic E-state index is 14.9. The van der Waals surface area contributed by atoms with Crippen molar-refractivity contribution in [1.82, 2.24) is 14.6 Å². The van der Waals surface area contributed by atoms with Gasteiger partial charge in [0.15, 0.2) is 0 Å². The predicted molar refractivity (Wildman–Crippen MR) is 134 cm³/mol. The Morgan fingerprint density at radius 3 is 2.51 bits per heavy atom. The summed E-state index contributed by atoms with van der Waals surface area (Å²) in [5.74, 6) is 0.0971. The second-order valence-corrected chi connectivity index (χ2v) is 11.3. The van der Waals surface area contributed by atoms with Crippen molar-refractivity contribution in [3.8, 4) is 17.0 Å². The first kappa shape index (κ1) is 25.4. The van der Waals surface area contributed by atoms with E-state index >= 15 is 0 Å². The number of ether oxygens (including phenoxy) is 1. The van der Waals surface area contributed by atoms with Crippen LogP contribution in [0.15, 0.2) is 30.5 Å². The SMILES string of the molecule is CN1CCC(Oc2cc(-c3cc(F)cc(C4CCCCC4)c3NC(=O)NS(C)(=O)=O)ccn2)CC1. The molecule has 2 aliphatic rings. The van der Waals surface area contributed by atoms with E-state index in [1.54, 1.807) is 18.3 Å². The van der Waals surface area contributed by atoms with Crippen LogP contribution in [0, 0.1) is 5.82 Å². The van der Waals surface area contributed by atoms with Gasteiger partial charge >= 0.3 is 6.03 Å². The van der Waals surface area contributed by atoms with E-state index in [-0.39, 0.29) is 12.0 Å². The molecule has 0 spiro atoms. The third-order valence-electron chi connectivity index (χ3n) is 6.69. The first-order chi connectivity index (χ1) is 16.7. The first-order valence-corrected chi connectivity index (χ1v) is 14.0. The van der Waals surface area contributed by atoms with Gasteiger partial charge in [0.05, 0.1) is 11.9 Å². The molecule has 8 nitrogen and oxygen atoms in total. The molecule has 1 aliphatic carbocycles. The van der Waals surface area contributed by atoms with Crippen LogP contribution >= 0.6 is 0 Å². The molecule has 2 fully saturated rings. The van der Waals surface area contributed by atoms with Gasteiger partial charge in [-0.2, -0.15) is 0 Å². The van der Waals surface area contributed by atoms with E-state index < -0.39 is 21.9 Å². The molecule has 2 N–H and O–H groups in total. The van der Waals surface area contributed by atoms with Gasteiger partial charge in [0.2, 0.25) is 15.9 Å². The van der Waals surface area contributed by atoms with Gasteiger partial charge in [-0.25, -0.2) is 27.3 Å². The minimum atomic E-state index is -3.76. The first-order valence-electron chi connectivity index (χ1n) is 12.1. The third kappa shape index (κ3) is 6.91. The maximum absolute atomic E-state index is 14.9. The molecule has 4 rings (SSSR count). The number of nitrogens with one attached hydrogen (secondary N) is 2. The van der Waals surface area contributed by atoms with E-state index in [1.807, 2.05) is 4.72 Å². The normalized spacial score (nSPS) is 18.3. The van der Waals surface area contributed by atoms with Gasteiger partial charge in [-0.05, 0) is 68.0 Å². The molecule has 0 atom stereocenters. The summed E-state index contributed by atoms with van der Waals surface area (Å²) in [4.78, 5) is 19.1. The molecular weight excluding hydrogens is 471 g/mol. The molecule has 0 unspecified atom stereocenters. The highest BCUT2D eigenvalue weighted by Crippen LogP contribution is 2.42. The van der Waals surface area contributed by atoms with Crippen molar-refractivity contribution >= 4 is 21.7 Å². The lowest BCUT2D eigenvalue weighted by molar-refractivity contribution is 0.110. The molecule has 190 valence electrons. The van der Waals surface area contributed by atoms with Crippen LogP contribution in [0.2, 0.25) is 0 Å². The summed E-state index contributed by atoms with van der Waals surface area (Å²) >= 11 is 0. The fourth-order valence-corrected chi connectivity index (χ4v) is 5.34. The number of pyridine rings is 1. The van der Waals surface area contributed by atoms with E-state index in [2.05, 4.69) is 22.2 Å². The Kier molecular flexibility index (Phi) is 7.91. The van der Waals surface area contributed by atoms with Crippen molar-refractivity contribution in [3.05, 3.63) is 41.8 Å². The number of carbonyl (C=O) groups is 1. The van der Waals surface area contributed by atoms with Gasteiger partial charge in [0.1, 0.15) is 11.9 Å². The molecule has 35 heavy (non-hydrogen) atoms. The van der Waals surface area contributed by atoms with Crippen molar-refractivity contribution in [2.24, 2.45) is 0 Å². The Hall–Kier alpha value is -2.72. The minimum absolute atomic E-state index is 0.0531. The molecule has 2 amide bonds. The van der Waals surface area contributed by atoms with Crippen LogP contribution in [0.3, 0.4) is 0 Å². The number of amides is 2. The van der Waals surface area contributed by atoms with Gasteiger partial charge in [0.25, 0.3) is 0 Å². The molecule has 10 heteroatoms. The Labute approximate surface area is 206 Å². The van der Waals surface area contributed by atoms with Gasteiger partial charge in [-0.15, -0.1) is 0 Å². The highest BCUT2D eigenvalue weighted by atomic mass is 32.2. The number of carbonyl (C=O) groups excluding carboxylic acids is 1. The molecular formula is C25H33FN4O4S. The Morgan fingerprint density at radius 1 is 1.11 bits per heavy atom. The summed E-state index contributed by atoms with van der Waals surface area (Å²) in [6, 6.07) is 5.41. The van der Waals surface area contributed by atoms with Gasteiger partial charge in [0, 0.05) is 30.9 Å². The molecule has 1 aromatic carbocycles. The van der Waals surface area contributed by atoms with Crippen LogP contribution in [0.4, 0.5) is 14.9 Å². The molecule has 1 aromatic heterocycles. The van der Waals surface area contributed by atoms with Crippen LogP contribution in [0.5, 0.6) is 5.88 Å². The number of nitrogens with zero attached hydrogens (tertiary/aromatic N) is 2. The number of halogens is 1. The number of rotatable bonds is 6. The van der Waals surface area contributed by atoms with Crippen molar-refractivity contribution in [2.45, 2.75) is 57.0 Å². The predicted octanol–water partition coefficient (Wildman–Crippen LogP) is 4.49. The number of urea groups is 1. The summed E-state index contributed by atoms with van der Waals surface area (Å²) in [6.07, 6.45) is 9.29. The molecule has 1 aliphatic heterocycles. The smallest absolute Gasteiger partial charge is 0.332 e. The van der Waals surface area contributed by atoms with Gasteiger partial charge < -0.3 is 15.0 Å². The monoisotopic (exact) mass is 504 g/mol. The number of piperidine rings is 1. The average molecular weight is 505 g/mol. The highest BCUT2D eigenvalue weighted by Gasteiger charge is 2.25. The summed E-state index contributed by atoms with van der Waals surface area (Å²) in [7, 11) is -1.68. The maximum Gasteiger partial charge on any atom is 0.332 e. The zero-order valence-corrected chi connectivity index (χ0v) is 21.0. The number of anilines is 1. The minimum Gasteiger partial charge on any atom is -0.474 e. The topological polar surface area (TPSA) is 101 Å². The zero-order valence-electron chi connectivity index (χ0n) is 20.2. The second kappa shape index (κ2) is 10.9. The summed E-state index contributed by atoms with van der Waals surface area (Å²) in [6.45, 7) is 1.89. The number of hydrogen-bond acceptors (Lipinski definition) is 6. The number of aromatic nitrogens is 1. The third-order valence-corrected chi connectivity index (χ3v) is 7.25. The quantitative estimate of drug-likeness (QED) is 0.601. The molecule has 1 saturated heterocycles. The van der Waals surface area contributed by atoms with Crippen LogP contribution in [-0.4, -0.2) is 56.8 Å². The Morgan fingerprint density at radius 2 is 1.83 bits per heavy atom. The van der Waals surface area contributed by atoms with Crippen LogP contribution in [0.1, 0.15) is 56.4 Å². The van der Waals surface area contributed by atoms with E-state index in [4.69, 9.17) is 4.74 Å². The Bertz CT molecular complexity index is 1160. The highest BCUT2D eigenvalue weighted by molar-refractivity contribution is 7.89. The van der Waals surface area contributed by atoms with Crippen molar-refractivity contribution in [1.29, 1.82) is 0 Å². The van der Waals surface area contributed by atoms with E-state index in [0.29, 0.717) is 28.3 Å². The number of benzene rings is 1. The largest absolute Gasteiger partial charge is 0.474 e. The van der Waals surface area contributed by atoms with Gasteiger partial charge in [-0.3, -0.25) is 0 Å². The molecule has 2 aromatic rings. The van der Waals surface area contributed by atoms with E-state index in [9.17, 15) is 17.6 Å². The lowest BCUT2D eigenvalue weighted by Gasteiger charge is -2.29. The van der Waals surface area contributed by atoms with Crippen LogP contribution in [0.25, 0.3) is 11.1 Å². The van der Waals surface area contributed by atoms with Crippen molar-refractivity contribution in [3.63, 3.8) is 0 Å². The molecule has 0 radical (unpaired) electrons. The average Bonchev–Trinajstić information content (AvgIpc) is 2.81. The zero-order chi connectivity index (χ0) is 25.0. The fourth-order valence-electron chi connectivity index (χ4n) is 4.95. The van der Waals surface area contributed by atoms with E-state index in [0.717, 1.165) is 64.3 Å². The fraction of sp³-hybridized carbons (Fsp3) is 0.520. The lowest BCUT2D eigenvalue weighted by Crippen LogP contribution is -2.35. The lowest BCUT2D eigenvalue weighted by atomic mass is 9.82. The number of hydrogen-bond donors (Lipinski definition) is 2. The standard InChI is InChI=1S/C25H33FN4O4S/c1-30-12-9-20(10-13-30)34-23-14-18(8-11-27-23)22-16-19(26)15-21(17-6-4-3-5-7-17)24(22)28-25(31)29-35(2,32)33/h8,11,14-17,20H,3-7,9-10,12-13H2,1-2H3,(H2,28,29,31). The molecule has 2 heterocycles.